The van der Waals surface area contributed by atoms with E-state index in [9.17, 15) is 4.79 Å². The molecule has 1 aromatic carbocycles. The molecule has 0 aliphatic carbocycles. The number of likely N-dealkylation sites (tertiary alicyclic amines) is 1. The first-order valence-corrected chi connectivity index (χ1v) is 9.08. The smallest absolute Gasteiger partial charge is 0.249 e. The predicted molar refractivity (Wildman–Crippen MR) is 95.3 cm³/mol. The molecule has 1 aliphatic rings. The second kappa shape index (κ2) is 7.26. The van der Waals surface area contributed by atoms with Crippen molar-refractivity contribution in [3.8, 4) is 11.4 Å². The third kappa shape index (κ3) is 3.57. The summed E-state index contributed by atoms with van der Waals surface area (Å²) in [5, 5.41) is 16.4. The van der Waals surface area contributed by atoms with Crippen molar-refractivity contribution in [1.29, 1.82) is 0 Å². The fraction of sp³-hybridized carbons (Fsp3) is 0.444. The molecule has 9 nitrogen and oxygen atoms in total. The van der Waals surface area contributed by atoms with Crippen LogP contribution in [0.4, 0.5) is 0 Å². The van der Waals surface area contributed by atoms with E-state index in [1.54, 1.807) is 4.90 Å². The van der Waals surface area contributed by atoms with Crippen LogP contribution < -0.4 is 0 Å². The third-order valence-electron chi connectivity index (χ3n) is 4.59. The summed E-state index contributed by atoms with van der Waals surface area (Å²) in [7, 11) is 0. The molecule has 0 spiro atoms. The Morgan fingerprint density at radius 3 is 2.85 bits per heavy atom. The van der Waals surface area contributed by atoms with E-state index >= 15 is 0 Å². The number of rotatable bonds is 5. The van der Waals surface area contributed by atoms with Crippen molar-refractivity contribution >= 4 is 5.91 Å². The van der Waals surface area contributed by atoms with Gasteiger partial charge < -0.3 is 9.42 Å². The second-order valence-corrected chi connectivity index (χ2v) is 6.90. The number of hydrogen-bond donors (Lipinski definition) is 0. The maximum Gasteiger partial charge on any atom is 0.249 e. The molecule has 3 heterocycles. The van der Waals surface area contributed by atoms with Crippen LogP contribution in [0.5, 0.6) is 0 Å². The Bertz CT molecular complexity index is 919. The van der Waals surface area contributed by atoms with Gasteiger partial charge in [0.2, 0.25) is 17.6 Å². The van der Waals surface area contributed by atoms with Gasteiger partial charge in [0.25, 0.3) is 0 Å². The van der Waals surface area contributed by atoms with E-state index in [4.69, 9.17) is 4.52 Å². The van der Waals surface area contributed by atoms with E-state index in [0.29, 0.717) is 24.1 Å². The average Bonchev–Trinajstić information content (AvgIpc) is 3.41. The molecule has 1 fully saturated rings. The Morgan fingerprint density at radius 1 is 1.30 bits per heavy atom. The van der Waals surface area contributed by atoms with Crippen LogP contribution in [0.25, 0.3) is 11.4 Å². The number of hydrogen-bond acceptors (Lipinski definition) is 7. The van der Waals surface area contributed by atoms with Crippen LogP contribution in [0.15, 0.2) is 34.9 Å². The van der Waals surface area contributed by atoms with Gasteiger partial charge in [-0.3, -0.25) is 4.79 Å². The molecule has 2 aromatic heterocycles. The molecule has 140 valence electrons. The molecule has 0 radical (unpaired) electrons. The number of tetrazole rings is 1. The van der Waals surface area contributed by atoms with E-state index in [2.05, 4.69) is 25.6 Å². The molecule has 27 heavy (non-hydrogen) atoms. The normalized spacial score (nSPS) is 17.0. The van der Waals surface area contributed by atoms with E-state index in [0.717, 1.165) is 18.4 Å². The van der Waals surface area contributed by atoms with Crippen LogP contribution in [0, 0.1) is 0 Å². The van der Waals surface area contributed by atoms with E-state index in [1.165, 1.54) is 4.80 Å². The zero-order valence-corrected chi connectivity index (χ0v) is 15.3. The van der Waals surface area contributed by atoms with Gasteiger partial charge in [-0.25, -0.2) is 0 Å². The van der Waals surface area contributed by atoms with E-state index in [1.807, 2.05) is 44.2 Å². The van der Waals surface area contributed by atoms with E-state index in [-0.39, 0.29) is 24.4 Å². The summed E-state index contributed by atoms with van der Waals surface area (Å²) in [4.78, 5) is 20.3. The van der Waals surface area contributed by atoms with Crippen LogP contribution in [0.3, 0.4) is 0 Å². The Balaban J connectivity index is 1.46. The molecule has 9 heteroatoms. The molecular formula is C18H21N7O2. The molecule has 3 aromatic rings. The highest BCUT2D eigenvalue weighted by Crippen LogP contribution is 2.31. The van der Waals surface area contributed by atoms with Gasteiger partial charge in [0.1, 0.15) is 12.6 Å². The van der Waals surface area contributed by atoms with Crippen molar-refractivity contribution in [3.63, 3.8) is 0 Å². The monoisotopic (exact) mass is 367 g/mol. The van der Waals surface area contributed by atoms with Gasteiger partial charge in [-0.05, 0) is 18.1 Å². The van der Waals surface area contributed by atoms with Crippen LogP contribution in [-0.4, -0.2) is 47.7 Å². The largest absolute Gasteiger partial charge is 0.337 e. The topological polar surface area (TPSA) is 103 Å². The number of amides is 1. The third-order valence-corrected chi connectivity index (χ3v) is 4.59. The molecule has 1 unspecified atom stereocenters. The average molecular weight is 367 g/mol. The first-order chi connectivity index (χ1) is 13.1. The summed E-state index contributed by atoms with van der Waals surface area (Å²) in [6.07, 6.45) is 1.71. The highest BCUT2D eigenvalue weighted by atomic mass is 16.5. The summed E-state index contributed by atoms with van der Waals surface area (Å²) in [5.41, 5.74) is 0.863. The van der Waals surface area contributed by atoms with Crippen LogP contribution in [0.2, 0.25) is 0 Å². The first kappa shape index (κ1) is 17.3. The number of aromatic nitrogens is 6. The lowest BCUT2D eigenvalue weighted by Crippen LogP contribution is -2.34. The van der Waals surface area contributed by atoms with Gasteiger partial charge in [-0.15, -0.1) is 10.2 Å². The van der Waals surface area contributed by atoms with Gasteiger partial charge >= 0.3 is 0 Å². The number of nitrogens with zero attached hydrogens (tertiary/aromatic N) is 7. The maximum atomic E-state index is 12.8. The summed E-state index contributed by atoms with van der Waals surface area (Å²) in [6.45, 7) is 4.70. The Kier molecular flexibility index (Phi) is 4.66. The molecular weight excluding hydrogens is 346 g/mol. The Labute approximate surface area is 156 Å². The van der Waals surface area contributed by atoms with Gasteiger partial charge in [0.05, 0.1) is 0 Å². The van der Waals surface area contributed by atoms with Gasteiger partial charge in [0.15, 0.2) is 5.82 Å². The predicted octanol–water partition coefficient (Wildman–Crippen LogP) is 2.21. The van der Waals surface area contributed by atoms with Crippen molar-refractivity contribution in [2.45, 2.75) is 45.2 Å². The second-order valence-electron chi connectivity index (χ2n) is 6.90. The van der Waals surface area contributed by atoms with Crippen molar-refractivity contribution in [2.24, 2.45) is 0 Å². The lowest BCUT2D eigenvalue weighted by molar-refractivity contribution is -0.133. The first-order valence-electron chi connectivity index (χ1n) is 9.08. The highest BCUT2D eigenvalue weighted by Gasteiger charge is 2.34. The van der Waals surface area contributed by atoms with Gasteiger partial charge in [0, 0.05) is 18.0 Å². The van der Waals surface area contributed by atoms with Crippen LogP contribution in [-0.2, 0) is 11.3 Å². The standard InChI is InChI=1S/C18H21N7O2/c1-12(2)16-19-18(27-22-16)14-9-6-10-24(14)15(26)11-25-21-17(20-23-25)13-7-4-3-5-8-13/h3-5,7-8,12,14H,6,9-11H2,1-2H3. The van der Waals surface area contributed by atoms with Gasteiger partial charge in [-0.2, -0.15) is 9.78 Å². The quantitative estimate of drug-likeness (QED) is 0.681. The molecule has 1 aliphatic heterocycles. The van der Waals surface area contributed by atoms with Gasteiger partial charge in [-0.1, -0.05) is 49.3 Å². The lowest BCUT2D eigenvalue weighted by Gasteiger charge is -2.21. The minimum atomic E-state index is -0.186. The van der Waals surface area contributed by atoms with Crippen molar-refractivity contribution in [3.05, 3.63) is 42.0 Å². The zero-order chi connectivity index (χ0) is 18.8. The number of benzene rings is 1. The minimum Gasteiger partial charge on any atom is -0.337 e. The van der Waals surface area contributed by atoms with Crippen LogP contribution in [0.1, 0.15) is 50.4 Å². The summed E-state index contributed by atoms with van der Waals surface area (Å²) < 4.78 is 5.40. The fourth-order valence-corrected chi connectivity index (χ4v) is 3.16. The minimum absolute atomic E-state index is 0.0293. The molecule has 1 amide bonds. The molecule has 0 N–H and O–H groups in total. The molecule has 0 bridgehead atoms. The lowest BCUT2D eigenvalue weighted by atomic mass is 10.2. The summed E-state index contributed by atoms with van der Waals surface area (Å²) >= 11 is 0. The van der Waals surface area contributed by atoms with Crippen LogP contribution >= 0.6 is 0 Å². The Hall–Kier alpha value is -3.10. The Morgan fingerprint density at radius 2 is 2.11 bits per heavy atom. The summed E-state index contributed by atoms with van der Waals surface area (Å²) in [6, 6.07) is 9.36. The molecule has 4 rings (SSSR count). The van der Waals surface area contributed by atoms with Crippen molar-refractivity contribution < 1.29 is 9.32 Å². The van der Waals surface area contributed by atoms with Crippen molar-refractivity contribution in [2.75, 3.05) is 6.54 Å². The number of carbonyl (C=O) groups excluding carboxylic acids is 1. The fourth-order valence-electron chi connectivity index (χ4n) is 3.16. The number of carbonyl (C=O) groups is 1. The summed E-state index contributed by atoms with van der Waals surface area (Å²) in [5.74, 6) is 1.76. The molecule has 0 saturated carbocycles. The molecule has 1 atom stereocenters. The van der Waals surface area contributed by atoms with E-state index < -0.39 is 0 Å². The maximum absolute atomic E-state index is 12.8. The SMILES string of the molecule is CC(C)c1noc(C2CCCN2C(=O)Cn2nnc(-c3ccccc3)n2)n1. The molecule has 1 saturated heterocycles. The zero-order valence-electron chi connectivity index (χ0n) is 15.3. The highest BCUT2D eigenvalue weighted by molar-refractivity contribution is 5.76. The van der Waals surface area contributed by atoms with Crippen molar-refractivity contribution in [1.82, 2.24) is 35.2 Å².